The van der Waals surface area contributed by atoms with Crippen LogP contribution in [-0.2, 0) is 24.0 Å². The number of esters is 1. The number of carbonyl (C=O) groups excluding carboxylic acids is 1. The van der Waals surface area contributed by atoms with Crippen LogP contribution in [0, 0.1) is 0 Å². The lowest BCUT2D eigenvalue weighted by atomic mass is 9.98. The van der Waals surface area contributed by atoms with Crippen molar-refractivity contribution in [2.24, 2.45) is 0 Å². The van der Waals surface area contributed by atoms with Gasteiger partial charge < -0.3 is 4.74 Å². The fraction of sp³-hybridized carbons (Fsp3) is 0.174. The summed E-state index contributed by atoms with van der Waals surface area (Å²) in [7, 11) is 0. The molecule has 2 heteroatoms. The van der Waals surface area contributed by atoms with Crippen LogP contribution in [0.4, 0.5) is 0 Å². The second kappa shape index (κ2) is 8.84. The van der Waals surface area contributed by atoms with Crippen LogP contribution in [0.15, 0.2) is 84.9 Å². The van der Waals surface area contributed by atoms with Gasteiger partial charge in [0.1, 0.15) is 0 Å². The van der Waals surface area contributed by atoms with E-state index in [1.807, 2.05) is 30.3 Å². The number of benzene rings is 3. The molecule has 0 N–H and O–H groups in total. The number of rotatable bonds is 7. The van der Waals surface area contributed by atoms with Gasteiger partial charge in [0.15, 0.2) is 0 Å². The van der Waals surface area contributed by atoms with Crippen LogP contribution in [0.3, 0.4) is 0 Å². The molecular weight excluding hydrogens is 308 g/mol. The van der Waals surface area contributed by atoms with E-state index in [9.17, 15) is 4.79 Å². The summed E-state index contributed by atoms with van der Waals surface area (Å²) in [5, 5.41) is 0. The Balaban J connectivity index is 1.55. The zero-order valence-electron chi connectivity index (χ0n) is 14.2. The normalized spacial score (nSPS) is 10.4. The molecule has 0 saturated heterocycles. The van der Waals surface area contributed by atoms with Crippen molar-refractivity contribution in [3.05, 3.63) is 107 Å². The fourth-order valence-electron chi connectivity index (χ4n) is 2.88. The predicted octanol–water partition coefficient (Wildman–Crippen LogP) is 4.87. The number of carbonyl (C=O) groups is 1. The molecule has 0 saturated carbocycles. The predicted molar refractivity (Wildman–Crippen MR) is 101 cm³/mol. The highest BCUT2D eigenvalue weighted by molar-refractivity contribution is 5.89. The van der Waals surface area contributed by atoms with Crippen molar-refractivity contribution in [3.8, 4) is 0 Å². The van der Waals surface area contributed by atoms with Crippen molar-refractivity contribution in [1.82, 2.24) is 0 Å². The Hall–Kier alpha value is -2.87. The molecule has 2 nitrogen and oxygen atoms in total. The van der Waals surface area contributed by atoms with Gasteiger partial charge in [-0.15, -0.1) is 0 Å². The number of ether oxygens (including phenoxy) is 1. The average molecular weight is 330 g/mol. The maximum absolute atomic E-state index is 12.0. The summed E-state index contributed by atoms with van der Waals surface area (Å²) in [5.74, 6) is -0.262. The van der Waals surface area contributed by atoms with Crippen molar-refractivity contribution < 1.29 is 9.53 Å². The molecule has 0 aliphatic heterocycles. The minimum absolute atomic E-state index is 0.262. The van der Waals surface area contributed by atoms with Crippen LogP contribution in [0.25, 0.3) is 0 Å². The van der Waals surface area contributed by atoms with Gasteiger partial charge in [0.25, 0.3) is 0 Å². The topological polar surface area (TPSA) is 26.3 Å². The van der Waals surface area contributed by atoms with Crippen molar-refractivity contribution in [3.63, 3.8) is 0 Å². The highest BCUT2D eigenvalue weighted by Gasteiger charge is 2.07. The summed E-state index contributed by atoms with van der Waals surface area (Å²) in [6, 6.07) is 28.0. The first-order valence-corrected chi connectivity index (χ1v) is 8.66. The highest BCUT2D eigenvalue weighted by Crippen LogP contribution is 2.14. The van der Waals surface area contributed by atoms with E-state index in [4.69, 9.17) is 4.74 Å². The standard InChI is InChI=1S/C23H22O2/c24-23(22-13-5-2-6-14-22)25-18-17-21-12-8-7-11-20(21)16-15-19-9-3-1-4-10-19/h1-14H,15-18H2. The Labute approximate surface area is 149 Å². The lowest BCUT2D eigenvalue weighted by Gasteiger charge is -2.10. The molecule has 0 aliphatic rings. The molecule has 0 aliphatic carbocycles. The van der Waals surface area contributed by atoms with E-state index in [1.54, 1.807) is 12.1 Å². The smallest absolute Gasteiger partial charge is 0.338 e. The molecule has 0 heterocycles. The van der Waals surface area contributed by atoms with Crippen LogP contribution >= 0.6 is 0 Å². The average Bonchev–Trinajstić information content (AvgIpc) is 2.68. The minimum Gasteiger partial charge on any atom is -0.462 e. The molecule has 25 heavy (non-hydrogen) atoms. The van der Waals surface area contributed by atoms with Gasteiger partial charge in [0.2, 0.25) is 0 Å². The van der Waals surface area contributed by atoms with Crippen molar-refractivity contribution in [1.29, 1.82) is 0 Å². The second-order valence-corrected chi connectivity index (χ2v) is 6.01. The van der Waals surface area contributed by atoms with Gasteiger partial charge in [-0.1, -0.05) is 72.8 Å². The number of hydrogen-bond donors (Lipinski definition) is 0. The van der Waals surface area contributed by atoms with Gasteiger partial charge in [-0.2, -0.15) is 0 Å². The molecule has 0 aromatic heterocycles. The van der Waals surface area contributed by atoms with Crippen LogP contribution in [0.1, 0.15) is 27.0 Å². The summed E-state index contributed by atoms with van der Waals surface area (Å²) in [5.41, 5.74) is 4.51. The summed E-state index contributed by atoms with van der Waals surface area (Å²) in [4.78, 5) is 12.0. The van der Waals surface area contributed by atoms with Gasteiger partial charge in [-0.3, -0.25) is 0 Å². The zero-order chi connectivity index (χ0) is 17.3. The molecule has 0 atom stereocenters. The molecule has 0 fully saturated rings. The van der Waals surface area contributed by atoms with E-state index < -0.39 is 0 Å². The van der Waals surface area contributed by atoms with E-state index >= 15 is 0 Å². The summed E-state index contributed by atoms with van der Waals surface area (Å²) in [6.07, 6.45) is 2.75. The highest BCUT2D eigenvalue weighted by atomic mass is 16.5. The van der Waals surface area contributed by atoms with E-state index in [0.717, 1.165) is 19.3 Å². The van der Waals surface area contributed by atoms with Crippen LogP contribution in [0.5, 0.6) is 0 Å². The number of hydrogen-bond acceptors (Lipinski definition) is 2. The van der Waals surface area contributed by atoms with Crippen molar-refractivity contribution >= 4 is 5.97 Å². The van der Waals surface area contributed by atoms with Gasteiger partial charge in [0, 0.05) is 6.42 Å². The number of aryl methyl sites for hydroxylation is 2. The Morgan fingerprint density at radius 3 is 1.88 bits per heavy atom. The third-order valence-electron chi connectivity index (χ3n) is 4.26. The summed E-state index contributed by atoms with van der Waals surface area (Å²) < 4.78 is 5.41. The molecular formula is C23H22O2. The fourth-order valence-corrected chi connectivity index (χ4v) is 2.88. The van der Waals surface area contributed by atoms with E-state index in [1.165, 1.54) is 16.7 Å². The second-order valence-electron chi connectivity index (χ2n) is 6.01. The SMILES string of the molecule is O=C(OCCc1ccccc1CCc1ccccc1)c1ccccc1. The molecule has 0 amide bonds. The van der Waals surface area contributed by atoms with E-state index in [2.05, 4.69) is 42.5 Å². The third kappa shape index (κ3) is 5.05. The molecule has 0 spiro atoms. The molecule has 0 unspecified atom stereocenters. The maximum Gasteiger partial charge on any atom is 0.338 e. The van der Waals surface area contributed by atoms with Gasteiger partial charge >= 0.3 is 5.97 Å². The monoisotopic (exact) mass is 330 g/mol. The summed E-state index contributed by atoms with van der Waals surface area (Å²) >= 11 is 0. The molecule has 3 aromatic carbocycles. The maximum atomic E-state index is 12.0. The molecule has 3 rings (SSSR count). The van der Waals surface area contributed by atoms with Gasteiger partial charge in [0.05, 0.1) is 12.2 Å². The van der Waals surface area contributed by atoms with Crippen molar-refractivity contribution in [2.75, 3.05) is 6.61 Å². The lowest BCUT2D eigenvalue weighted by molar-refractivity contribution is 0.0509. The minimum atomic E-state index is -0.262. The first kappa shape index (κ1) is 17.0. The molecule has 126 valence electrons. The lowest BCUT2D eigenvalue weighted by Crippen LogP contribution is -2.09. The van der Waals surface area contributed by atoms with Gasteiger partial charge in [-0.05, 0) is 41.7 Å². The van der Waals surface area contributed by atoms with Crippen molar-refractivity contribution in [2.45, 2.75) is 19.3 Å². The first-order valence-electron chi connectivity index (χ1n) is 8.66. The molecule has 3 aromatic rings. The summed E-state index contributed by atoms with van der Waals surface area (Å²) in [6.45, 7) is 0.399. The van der Waals surface area contributed by atoms with Gasteiger partial charge in [-0.25, -0.2) is 4.79 Å². The Morgan fingerprint density at radius 1 is 0.640 bits per heavy atom. The third-order valence-corrected chi connectivity index (χ3v) is 4.26. The van der Waals surface area contributed by atoms with Crippen LogP contribution in [-0.4, -0.2) is 12.6 Å². The van der Waals surface area contributed by atoms with Crippen LogP contribution < -0.4 is 0 Å². The Kier molecular flexibility index (Phi) is 6.00. The van der Waals surface area contributed by atoms with E-state index in [-0.39, 0.29) is 5.97 Å². The Morgan fingerprint density at radius 2 is 1.20 bits per heavy atom. The largest absolute Gasteiger partial charge is 0.462 e. The quantitative estimate of drug-likeness (QED) is 0.578. The Bertz CT molecular complexity index is 795. The van der Waals surface area contributed by atoms with E-state index in [0.29, 0.717) is 12.2 Å². The molecule has 0 bridgehead atoms. The first-order chi connectivity index (χ1) is 12.3. The molecule has 0 radical (unpaired) electrons. The zero-order valence-corrected chi connectivity index (χ0v) is 14.2. The van der Waals surface area contributed by atoms with Crippen LogP contribution in [0.2, 0.25) is 0 Å².